The summed E-state index contributed by atoms with van der Waals surface area (Å²) in [6.07, 6.45) is 5.00. The number of hydrogen-bond donors (Lipinski definition) is 1. The Balaban J connectivity index is 1.96. The highest BCUT2D eigenvalue weighted by Crippen LogP contribution is 2.35. The van der Waals surface area contributed by atoms with E-state index in [2.05, 4.69) is 20.3 Å². The van der Waals surface area contributed by atoms with E-state index < -0.39 is 5.97 Å². The van der Waals surface area contributed by atoms with Gasteiger partial charge in [-0.3, -0.25) is 5.10 Å². The normalized spacial score (nSPS) is 15.5. The highest BCUT2D eigenvalue weighted by molar-refractivity contribution is 6.29. The molecular formula is C17H18ClN5O3. The average Bonchev–Trinajstić information content (AvgIpc) is 3.30. The van der Waals surface area contributed by atoms with Crippen LogP contribution in [0.5, 0.6) is 0 Å². The Morgan fingerprint density at radius 3 is 2.96 bits per heavy atom. The number of carbonyl (C=O) groups excluding carboxylic acids is 1. The molecule has 1 aliphatic heterocycles. The van der Waals surface area contributed by atoms with Gasteiger partial charge in [-0.2, -0.15) is 10.2 Å². The van der Waals surface area contributed by atoms with Gasteiger partial charge in [0.2, 0.25) is 0 Å². The molecule has 3 aromatic rings. The summed E-state index contributed by atoms with van der Waals surface area (Å²) >= 11 is 6.28. The van der Waals surface area contributed by atoms with Crippen LogP contribution in [0.15, 0.2) is 18.5 Å². The number of hydrogen-bond acceptors (Lipinski definition) is 6. The van der Waals surface area contributed by atoms with Gasteiger partial charge in [-0.05, 0) is 25.7 Å². The van der Waals surface area contributed by atoms with E-state index in [1.165, 1.54) is 0 Å². The highest BCUT2D eigenvalue weighted by atomic mass is 35.5. The summed E-state index contributed by atoms with van der Waals surface area (Å²) in [4.78, 5) is 17.0. The first-order valence-corrected chi connectivity index (χ1v) is 8.90. The molecule has 0 aliphatic carbocycles. The SMILES string of the molecule is CCOC(=O)c1nn2c(-c3cn[nH]c3)cc(Cl)nc2c1C1CCOCC1. The third-order valence-electron chi connectivity index (χ3n) is 4.49. The summed E-state index contributed by atoms with van der Waals surface area (Å²) in [5, 5.41) is 11.6. The van der Waals surface area contributed by atoms with E-state index in [4.69, 9.17) is 21.1 Å². The average molecular weight is 376 g/mol. The van der Waals surface area contributed by atoms with E-state index >= 15 is 0 Å². The van der Waals surface area contributed by atoms with Crippen LogP contribution in [0.25, 0.3) is 16.9 Å². The molecule has 0 unspecified atom stereocenters. The maximum atomic E-state index is 12.6. The standard InChI is InChI=1S/C17H18ClN5O3/c1-2-26-17(24)15-14(10-3-5-25-6-4-10)16-21-13(18)7-12(23(16)22-15)11-8-19-20-9-11/h7-10H,2-6H2,1H3,(H,19,20). The van der Waals surface area contributed by atoms with Crippen molar-refractivity contribution in [2.45, 2.75) is 25.7 Å². The number of fused-ring (bicyclic) bond motifs is 1. The van der Waals surface area contributed by atoms with Crippen molar-refractivity contribution >= 4 is 23.2 Å². The van der Waals surface area contributed by atoms with Crippen molar-refractivity contribution in [2.75, 3.05) is 19.8 Å². The van der Waals surface area contributed by atoms with Crippen LogP contribution < -0.4 is 0 Å². The Morgan fingerprint density at radius 1 is 1.46 bits per heavy atom. The van der Waals surface area contributed by atoms with Gasteiger partial charge in [0.05, 0.1) is 18.5 Å². The number of aromatic amines is 1. The topological polar surface area (TPSA) is 94.4 Å². The van der Waals surface area contributed by atoms with Crippen LogP contribution in [0, 0.1) is 0 Å². The first-order valence-electron chi connectivity index (χ1n) is 8.52. The fourth-order valence-corrected chi connectivity index (χ4v) is 3.50. The lowest BCUT2D eigenvalue weighted by Gasteiger charge is -2.21. The summed E-state index contributed by atoms with van der Waals surface area (Å²) in [6, 6.07) is 1.70. The predicted molar refractivity (Wildman–Crippen MR) is 94.3 cm³/mol. The van der Waals surface area contributed by atoms with E-state index in [1.54, 1.807) is 29.9 Å². The molecule has 9 heteroatoms. The maximum Gasteiger partial charge on any atom is 0.359 e. The van der Waals surface area contributed by atoms with Crippen molar-refractivity contribution in [2.24, 2.45) is 0 Å². The van der Waals surface area contributed by atoms with Crippen molar-refractivity contribution in [3.63, 3.8) is 0 Å². The molecule has 1 aliphatic rings. The van der Waals surface area contributed by atoms with Gasteiger partial charge in [-0.15, -0.1) is 0 Å². The van der Waals surface area contributed by atoms with Crippen LogP contribution in [0.4, 0.5) is 0 Å². The second-order valence-electron chi connectivity index (χ2n) is 6.06. The van der Waals surface area contributed by atoms with Crippen LogP contribution in [0.2, 0.25) is 5.15 Å². The molecule has 26 heavy (non-hydrogen) atoms. The number of halogens is 1. The van der Waals surface area contributed by atoms with Crippen LogP contribution in [0.3, 0.4) is 0 Å². The largest absolute Gasteiger partial charge is 0.461 e. The van der Waals surface area contributed by atoms with Gasteiger partial charge in [0.15, 0.2) is 11.3 Å². The van der Waals surface area contributed by atoms with Crippen molar-refractivity contribution in [3.05, 3.63) is 34.9 Å². The van der Waals surface area contributed by atoms with Crippen molar-refractivity contribution < 1.29 is 14.3 Å². The smallest absolute Gasteiger partial charge is 0.359 e. The van der Waals surface area contributed by atoms with Gasteiger partial charge in [0.1, 0.15) is 5.15 Å². The Morgan fingerprint density at radius 2 is 2.27 bits per heavy atom. The highest BCUT2D eigenvalue weighted by Gasteiger charge is 2.30. The molecule has 0 amide bonds. The lowest BCUT2D eigenvalue weighted by Crippen LogP contribution is -2.17. The van der Waals surface area contributed by atoms with Crippen LogP contribution in [-0.4, -0.2) is 50.6 Å². The second kappa shape index (κ2) is 7.05. The van der Waals surface area contributed by atoms with E-state index in [9.17, 15) is 4.79 Å². The Labute approximate surface area is 154 Å². The Bertz CT molecular complexity index is 932. The maximum absolute atomic E-state index is 12.6. The number of nitrogens with one attached hydrogen (secondary N) is 1. The van der Waals surface area contributed by atoms with Crippen molar-refractivity contribution in [1.82, 2.24) is 24.8 Å². The molecule has 0 saturated carbocycles. The summed E-state index contributed by atoms with van der Waals surface area (Å²) in [5.74, 6) is -0.336. The molecule has 8 nitrogen and oxygen atoms in total. The zero-order chi connectivity index (χ0) is 18.1. The molecule has 1 saturated heterocycles. The molecule has 4 heterocycles. The van der Waals surface area contributed by atoms with Crippen LogP contribution in [-0.2, 0) is 9.47 Å². The molecule has 1 N–H and O–H groups in total. The quantitative estimate of drug-likeness (QED) is 0.556. The first kappa shape index (κ1) is 17.0. The summed E-state index contributed by atoms with van der Waals surface area (Å²) < 4.78 is 12.3. The van der Waals surface area contributed by atoms with E-state index in [1.807, 2.05) is 0 Å². The van der Waals surface area contributed by atoms with Crippen LogP contribution in [0.1, 0.15) is 41.7 Å². The number of rotatable bonds is 4. The van der Waals surface area contributed by atoms with Gasteiger partial charge in [0.25, 0.3) is 0 Å². The van der Waals surface area contributed by atoms with E-state index in [0.29, 0.717) is 35.4 Å². The van der Waals surface area contributed by atoms with Gasteiger partial charge in [-0.25, -0.2) is 14.3 Å². The Kier molecular flexibility index (Phi) is 4.60. The number of nitrogens with zero attached hydrogens (tertiary/aromatic N) is 4. The number of aromatic nitrogens is 5. The molecule has 0 spiro atoms. The fraction of sp³-hybridized carbons (Fsp3) is 0.412. The minimum atomic E-state index is -0.450. The van der Waals surface area contributed by atoms with E-state index in [0.717, 1.165) is 24.0 Å². The molecule has 4 rings (SSSR count). The summed E-state index contributed by atoms with van der Waals surface area (Å²) in [6.45, 7) is 3.33. The van der Waals surface area contributed by atoms with Crippen molar-refractivity contribution in [1.29, 1.82) is 0 Å². The first-order chi connectivity index (χ1) is 12.7. The van der Waals surface area contributed by atoms with Crippen molar-refractivity contribution in [3.8, 4) is 11.3 Å². The molecular weight excluding hydrogens is 358 g/mol. The lowest BCUT2D eigenvalue weighted by molar-refractivity contribution is 0.0512. The molecule has 3 aromatic heterocycles. The van der Waals surface area contributed by atoms with Crippen LogP contribution >= 0.6 is 11.6 Å². The molecule has 136 valence electrons. The molecule has 0 aromatic carbocycles. The number of ether oxygens (including phenoxy) is 2. The van der Waals surface area contributed by atoms with Gasteiger partial charge >= 0.3 is 5.97 Å². The van der Waals surface area contributed by atoms with Gasteiger partial charge in [-0.1, -0.05) is 11.6 Å². The molecule has 1 fully saturated rings. The zero-order valence-electron chi connectivity index (χ0n) is 14.2. The second-order valence-corrected chi connectivity index (χ2v) is 6.44. The van der Waals surface area contributed by atoms with Gasteiger partial charge in [0, 0.05) is 36.6 Å². The lowest BCUT2D eigenvalue weighted by atomic mass is 9.91. The monoisotopic (exact) mass is 375 g/mol. The summed E-state index contributed by atoms with van der Waals surface area (Å²) in [7, 11) is 0. The molecule has 0 bridgehead atoms. The Hall–Kier alpha value is -2.45. The minimum absolute atomic E-state index is 0.115. The van der Waals surface area contributed by atoms with Gasteiger partial charge < -0.3 is 9.47 Å². The zero-order valence-corrected chi connectivity index (χ0v) is 15.0. The third kappa shape index (κ3) is 2.95. The number of carbonyl (C=O) groups is 1. The number of H-pyrrole nitrogens is 1. The third-order valence-corrected chi connectivity index (χ3v) is 4.68. The molecule has 0 atom stereocenters. The minimum Gasteiger partial charge on any atom is -0.461 e. The fourth-order valence-electron chi connectivity index (χ4n) is 3.31. The summed E-state index contributed by atoms with van der Waals surface area (Å²) in [5.41, 5.74) is 3.15. The van der Waals surface area contributed by atoms with E-state index in [-0.39, 0.29) is 12.5 Å². The predicted octanol–water partition coefficient (Wildman–Crippen LogP) is 2.84. The molecule has 0 radical (unpaired) electrons. The number of esters is 1.